The zero-order chi connectivity index (χ0) is 11.6. The molecule has 2 N–H and O–H groups in total. The van der Waals surface area contributed by atoms with E-state index in [1.54, 1.807) is 0 Å². The van der Waals surface area contributed by atoms with Gasteiger partial charge in [0, 0.05) is 31.7 Å². The lowest BCUT2D eigenvalue weighted by molar-refractivity contribution is -0.0509. The summed E-state index contributed by atoms with van der Waals surface area (Å²) in [6.45, 7) is 9.34. The molecule has 1 aliphatic carbocycles. The molecule has 2 aliphatic rings. The number of rotatable bonds is 2. The summed E-state index contributed by atoms with van der Waals surface area (Å²) >= 11 is 0. The van der Waals surface area contributed by atoms with Gasteiger partial charge in [0.05, 0.1) is 6.61 Å². The molecule has 1 saturated carbocycles. The van der Waals surface area contributed by atoms with Gasteiger partial charge in [-0.15, -0.1) is 0 Å². The number of nitrogens with zero attached hydrogens (tertiary/aromatic N) is 1. The van der Waals surface area contributed by atoms with Crippen molar-refractivity contribution in [1.82, 2.24) is 10.2 Å². The molecule has 1 aliphatic heterocycles. The van der Waals surface area contributed by atoms with Gasteiger partial charge < -0.3 is 10.4 Å². The zero-order valence-corrected chi connectivity index (χ0v) is 10.7. The summed E-state index contributed by atoms with van der Waals surface area (Å²) < 4.78 is 0. The topological polar surface area (TPSA) is 35.5 Å². The Hall–Kier alpha value is -0.120. The van der Waals surface area contributed by atoms with Gasteiger partial charge in [-0.3, -0.25) is 4.90 Å². The average molecular weight is 226 g/mol. The van der Waals surface area contributed by atoms with Crippen LogP contribution >= 0.6 is 0 Å². The number of piperazine rings is 1. The van der Waals surface area contributed by atoms with Crippen LogP contribution in [0.1, 0.15) is 33.1 Å². The summed E-state index contributed by atoms with van der Waals surface area (Å²) in [5, 5.41) is 13.3. The molecule has 3 unspecified atom stereocenters. The first kappa shape index (κ1) is 12.3. The Bertz CT molecular complexity index is 228. The molecule has 0 aromatic carbocycles. The second-order valence-corrected chi connectivity index (χ2v) is 5.78. The number of nitrogens with one attached hydrogen (secondary N) is 1. The lowest BCUT2D eigenvalue weighted by Gasteiger charge is -2.52. The summed E-state index contributed by atoms with van der Waals surface area (Å²) in [5.41, 5.74) is 0.0780. The third-order valence-corrected chi connectivity index (χ3v) is 4.76. The maximum Gasteiger partial charge on any atom is 0.0618 e. The van der Waals surface area contributed by atoms with E-state index >= 15 is 0 Å². The van der Waals surface area contributed by atoms with Crippen LogP contribution in [-0.2, 0) is 0 Å². The van der Waals surface area contributed by atoms with Crippen LogP contribution < -0.4 is 5.32 Å². The minimum Gasteiger partial charge on any atom is -0.394 e. The maximum absolute atomic E-state index is 9.89. The van der Waals surface area contributed by atoms with Gasteiger partial charge in [0.15, 0.2) is 0 Å². The van der Waals surface area contributed by atoms with Gasteiger partial charge in [0.1, 0.15) is 0 Å². The van der Waals surface area contributed by atoms with E-state index in [2.05, 4.69) is 24.1 Å². The van der Waals surface area contributed by atoms with E-state index in [1.807, 2.05) is 0 Å². The Morgan fingerprint density at radius 2 is 2.00 bits per heavy atom. The van der Waals surface area contributed by atoms with E-state index in [0.717, 1.165) is 32.1 Å². The SMILES string of the molecule is CC1CCC(CO)(N2CCNCC2)C(C)C1. The van der Waals surface area contributed by atoms with Crippen LogP contribution in [0.25, 0.3) is 0 Å². The molecule has 0 bridgehead atoms. The van der Waals surface area contributed by atoms with Crippen molar-refractivity contribution in [2.24, 2.45) is 11.8 Å². The molecule has 0 spiro atoms. The first-order chi connectivity index (χ1) is 7.69. The van der Waals surface area contributed by atoms with Crippen LogP contribution in [0.3, 0.4) is 0 Å². The lowest BCUT2D eigenvalue weighted by Crippen LogP contribution is -2.62. The average Bonchev–Trinajstić information content (AvgIpc) is 2.31. The van der Waals surface area contributed by atoms with Crippen molar-refractivity contribution in [1.29, 1.82) is 0 Å². The van der Waals surface area contributed by atoms with Crippen LogP contribution in [-0.4, -0.2) is 48.3 Å². The molecule has 0 amide bonds. The van der Waals surface area contributed by atoms with E-state index in [0.29, 0.717) is 12.5 Å². The van der Waals surface area contributed by atoms with Gasteiger partial charge in [0.2, 0.25) is 0 Å². The van der Waals surface area contributed by atoms with Gasteiger partial charge in [-0.25, -0.2) is 0 Å². The summed E-state index contributed by atoms with van der Waals surface area (Å²) in [6, 6.07) is 0. The van der Waals surface area contributed by atoms with E-state index in [-0.39, 0.29) is 5.54 Å². The van der Waals surface area contributed by atoms with Gasteiger partial charge in [-0.1, -0.05) is 13.8 Å². The smallest absolute Gasteiger partial charge is 0.0618 e. The highest BCUT2D eigenvalue weighted by molar-refractivity contribution is 4.99. The second-order valence-electron chi connectivity index (χ2n) is 5.78. The molecule has 1 heterocycles. The molecule has 3 heteroatoms. The molecule has 2 fully saturated rings. The highest BCUT2D eigenvalue weighted by Crippen LogP contribution is 2.40. The van der Waals surface area contributed by atoms with E-state index in [4.69, 9.17) is 0 Å². The summed E-state index contributed by atoms with van der Waals surface area (Å²) in [4.78, 5) is 2.54. The molecule has 94 valence electrons. The van der Waals surface area contributed by atoms with Gasteiger partial charge >= 0.3 is 0 Å². The minimum atomic E-state index is 0.0780. The molecule has 3 nitrogen and oxygen atoms in total. The third kappa shape index (κ3) is 2.13. The largest absolute Gasteiger partial charge is 0.394 e. The Labute approximate surface area is 99.2 Å². The molecule has 1 saturated heterocycles. The first-order valence-electron chi connectivity index (χ1n) is 6.75. The molecule has 16 heavy (non-hydrogen) atoms. The fourth-order valence-corrected chi connectivity index (χ4v) is 3.60. The van der Waals surface area contributed by atoms with Crippen LogP contribution in [0.4, 0.5) is 0 Å². The first-order valence-corrected chi connectivity index (χ1v) is 6.75. The zero-order valence-electron chi connectivity index (χ0n) is 10.7. The molecular formula is C13H26N2O. The fraction of sp³-hybridized carbons (Fsp3) is 1.00. The number of aliphatic hydroxyl groups is 1. The van der Waals surface area contributed by atoms with Crippen LogP contribution in [0.5, 0.6) is 0 Å². The molecule has 3 atom stereocenters. The molecule has 0 aromatic heterocycles. The standard InChI is InChI=1S/C13H26N2O/c1-11-3-4-13(10-16,12(2)9-11)15-7-5-14-6-8-15/h11-12,14,16H,3-10H2,1-2H3. The normalized spacial score (nSPS) is 42.2. The summed E-state index contributed by atoms with van der Waals surface area (Å²) in [5.74, 6) is 1.46. The Balaban J connectivity index is 2.10. The molecule has 2 rings (SSSR count). The minimum absolute atomic E-state index is 0.0780. The van der Waals surface area contributed by atoms with Crippen molar-refractivity contribution in [2.75, 3.05) is 32.8 Å². The van der Waals surface area contributed by atoms with Crippen molar-refractivity contribution in [3.8, 4) is 0 Å². The second kappa shape index (κ2) is 5.03. The Morgan fingerprint density at radius 1 is 1.31 bits per heavy atom. The van der Waals surface area contributed by atoms with Crippen molar-refractivity contribution < 1.29 is 5.11 Å². The highest BCUT2D eigenvalue weighted by atomic mass is 16.3. The predicted octanol–water partition coefficient (Wildman–Crippen LogP) is 1.08. The van der Waals surface area contributed by atoms with Crippen molar-refractivity contribution >= 4 is 0 Å². The summed E-state index contributed by atoms with van der Waals surface area (Å²) in [6.07, 6.45) is 3.71. The quantitative estimate of drug-likeness (QED) is 0.739. The Morgan fingerprint density at radius 3 is 2.56 bits per heavy atom. The van der Waals surface area contributed by atoms with Crippen molar-refractivity contribution in [2.45, 2.75) is 38.6 Å². The fourth-order valence-electron chi connectivity index (χ4n) is 3.60. The number of hydrogen-bond donors (Lipinski definition) is 2. The third-order valence-electron chi connectivity index (χ3n) is 4.76. The maximum atomic E-state index is 9.89. The van der Waals surface area contributed by atoms with Crippen molar-refractivity contribution in [3.05, 3.63) is 0 Å². The molecular weight excluding hydrogens is 200 g/mol. The van der Waals surface area contributed by atoms with Crippen molar-refractivity contribution in [3.63, 3.8) is 0 Å². The van der Waals surface area contributed by atoms with Gasteiger partial charge in [-0.2, -0.15) is 0 Å². The predicted molar refractivity (Wildman–Crippen MR) is 66.4 cm³/mol. The van der Waals surface area contributed by atoms with Crippen LogP contribution in [0.2, 0.25) is 0 Å². The van der Waals surface area contributed by atoms with Gasteiger partial charge in [0.25, 0.3) is 0 Å². The molecule has 0 aromatic rings. The highest BCUT2D eigenvalue weighted by Gasteiger charge is 2.44. The van der Waals surface area contributed by atoms with Crippen LogP contribution in [0.15, 0.2) is 0 Å². The number of hydrogen-bond acceptors (Lipinski definition) is 3. The number of aliphatic hydroxyl groups excluding tert-OH is 1. The van der Waals surface area contributed by atoms with E-state index < -0.39 is 0 Å². The lowest BCUT2D eigenvalue weighted by atomic mass is 9.69. The molecule has 0 radical (unpaired) electrons. The monoisotopic (exact) mass is 226 g/mol. The summed E-state index contributed by atoms with van der Waals surface area (Å²) in [7, 11) is 0. The van der Waals surface area contributed by atoms with Gasteiger partial charge in [-0.05, 0) is 31.1 Å². The van der Waals surface area contributed by atoms with E-state index in [9.17, 15) is 5.11 Å². The Kier molecular flexibility index (Phi) is 3.88. The van der Waals surface area contributed by atoms with E-state index in [1.165, 1.54) is 19.3 Å². The van der Waals surface area contributed by atoms with Crippen LogP contribution in [0, 0.1) is 11.8 Å².